The molecule has 0 aliphatic rings. The highest BCUT2D eigenvalue weighted by molar-refractivity contribution is 5.14. The molecular formula is C9H14N2O. The summed E-state index contributed by atoms with van der Waals surface area (Å²) in [7, 11) is 0. The molecule has 3 nitrogen and oxygen atoms in total. The van der Waals surface area contributed by atoms with Gasteiger partial charge in [0.1, 0.15) is 0 Å². The Morgan fingerprint density at radius 1 is 1.50 bits per heavy atom. The molecule has 0 aliphatic heterocycles. The third kappa shape index (κ3) is 1.41. The van der Waals surface area contributed by atoms with Crippen molar-refractivity contribution in [2.24, 2.45) is 5.73 Å². The average molecular weight is 166 g/mol. The summed E-state index contributed by atoms with van der Waals surface area (Å²) in [6.07, 6.45) is 0. The summed E-state index contributed by atoms with van der Waals surface area (Å²) >= 11 is 0. The second kappa shape index (κ2) is 3.54. The predicted molar refractivity (Wildman–Crippen MR) is 49.0 cm³/mol. The van der Waals surface area contributed by atoms with Gasteiger partial charge in [0.05, 0.1) is 0 Å². The first kappa shape index (κ1) is 9.00. The lowest BCUT2D eigenvalue weighted by atomic mass is 10.2. The van der Waals surface area contributed by atoms with Gasteiger partial charge in [-0.05, 0) is 19.9 Å². The van der Waals surface area contributed by atoms with Crippen molar-refractivity contribution in [2.45, 2.75) is 26.9 Å². The van der Waals surface area contributed by atoms with Crippen molar-refractivity contribution < 1.29 is 0 Å². The van der Waals surface area contributed by atoms with Gasteiger partial charge in [-0.3, -0.25) is 4.79 Å². The number of hydrogen-bond donors (Lipinski definition) is 1. The van der Waals surface area contributed by atoms with Crippen LogP contribution in [0.15, 0.2) is 16.9 Å². The lowest BCUT2D eigenvalue weighted by molar-refractivity contribution is 0.689. The second-order valence-electron chi connectivity index (χ2n) is 2.75. The zero-order valence-corrected chi connectivity index (χ0v) is 7.50. The summed E-state index contributed by atoms with van der Waals surface area (Å²) in [6.45, 7) is 4.90. The average Bonchev–Trinajstić information content (AvgIpc) is 2.06. The maximum atomic E-state index is 11.5. The first-order valence-electron chi connectivity index (χ1n) is 4.10. The van der Waals surface area contributed by atoms with Crippen molar-refractivity contribution in [3.63, 3.8) is 0 Å². The van der Waals surface area contributed by atoms with Gasteiger partial charge >= 0.3 is 0 Å². The van der Waals surface area contributed by atoms with E-state index in [2.05, 4.69) is 0 Å². The van der Waals surface area contributed by atoms with Gasteiger partial charge < -0.3 is 10.3 Å². The molecule has 0 spiro atoms. The molecule has 1 aromatic heterocycles. The first-order valence-corrected chi connectivity index (χ1v) is 4.10. The smallest absolute Gasteiger partial charge is 0.255 e. The Morgan fingerprint density at radius 2 is 2.17 bits per heavy atom. The minimum atomic E-state index is 0.0417. The Kier molecular flexibility index (Phi) is 2.65. The molecule has 0 aliphatic carbocycles. The van der Waals surface area contributed by atoms with E-state index in [0.717, 1.165) is 5.69 Å². The van der Waals surface area contributed by atoms with Crippen LogP contribution in [-0.4, -0.2) is 4.57 Å². The van der Waals surface area contributed by atoms with Gasteiger partial charge in [-0.1, -0.05) is 6.07 Å². The number of nitrogens with zero attached hydrogens (tertiary/aromatic N) is 1. The Balaban J connectivity index is 3.34. The lowest BCUT2D eigenvalue weighted by Gasteiger charge is -2.07. The molecule has 2 N–H and O–H groups in total. The molecule has 66 valence electrons. The van der Waals surface area contributed by atoms with Crippen LogP contribution in [-0.2, 0) is 13.1 Å². The van der Waals surface area contributed by atoms with Crippen molar-refractivity contribution in [3.05, 3.63) is 33.7 Å². The van der Waals surface area contributed by atoms with E-state index in [1.807, 2.05) is 19.9 Å². The highest BCUT2D eigenvalue weighted by Gasteiger charge is 2.01. The predicted octanol–water partition coefficient (Wildman–Crippen LogP) is 0.635. The topological polar surface area (TPSA) is 48.0 Å². The molecule has 0 saturated carbocycles. The number of hydrogen-bond acceptors (Lipinski definition) is 2. The molecule has 3 heteroatoms. The summed E-state index contributed by atoms with van der Waals surface area (Å²) in [4.78, 5) is 11.5. The zero-order valence-electron chi connectivity index (χ0n) is 7.50. The molecule has 0 fully saturated rings. The van der Waals surface area contributed by atoms with E-state index < -0.39 is 0 Å². The van der Waals surface area contributed by atoms with Crippen LogP contribution in [0.5, 0.6) is 0 Å². The van der Waals surface area contributed by atoms with Crippen LogP contribution in [0, 0.1) is 6.92 Å². The molecular weight excluding hydrogens is 152 g/mol. The SMILES string of the molecule is CCn1c(C)ccc(CN)c1=O. The maximum absolute atomic E-state index is 11.5. The van der Waals surface area contributed by atoms with E-state index in [1.165, 1.54) is 0 Å². The Bertz CT molecular complexity index is 328. The number of aromatic nitrogens is 1. The van der Waals surface area contributed by atoms with E-state index in [-0.39, 0.29) is 5.56 Å². The summed E-state index contributed by atoms with van der Waals surface area (Å²) in [5, 5.41) is 0. The van der Waals surface area contributed by atoms with Gasteiger partial charge in [-0.25, -0.2) is 0 Å². The van der Waals surface area contributed by atoms with Crippen LogP contribution >= 0.6 is 0 Å². The van der Waals surface area contributed by atoms with Gasteiger partial charge in [0.25, 0.3) is 5.56 Å². The van der Waals surface area contributed by atoms with Crippen LogP contribution in [0.2, 0.25) is 0 Å². The third-order valence-electron chi connectivity index (χ3n) is 2.01. The van der Waals surface area contributed by atoms with Gasteiger partial charge in [-0.15, -0.1) is 0 Å². The molecule has 1 rings (SSSR count). The minimum Gasteiger partial charge on any atom is -0.326 e. The molecule has 0 radical (unpaired) electrons. The Labute approximate surface area is 71.8 Å². The highest BCUT2D eigenvalue weighted by atomic mass is 16.1. The third-order valence-corrected chi connectivity index (χ3v) is 2.01. The Morgan fingerprint density at radius 3 is 2.67 bits per heavy atom. The highest BCUT2D eigenvalue weighted by Crippen LogP contribution is 1.97. The summed E-state index contributed by atoms with van der Waals surface area (Å²) < 4.78 is 1.72. The quantitative estimate of drug-likeness (QED) is 0.700. The molecule has 0 saturated heterocycles. The van der Waals surface area contributed by atoms with E-state index in [0.29, 0.717) is 18.7 Å². The van der Waals surface area contributed by atoms with Crippen LogP contribution in [0.1, 0.15) is 18.2 Å². The molecule has 0 bridgehead atoms. The van der Waals surface area contributed by atoms with Crippen molar-refractivity contribution >= 4 is 0 Å². The molecule has 0 atom stereocenters. The van der Waals surface area contributed by atoms with Crippen LogP contribution in [0.3, 0.4) is 0 Å². The van der Waals surface area contributed by atoms with Gasteiger partial charge in [0.15, 0.2) is 0 Å². The normalized spacial score (nSPS) is 10.2. The van der Waals surface area contributed by atoms with E-state index >= 15 is 0 Å². The van der Waals surface area contributed by atoms with Crippen molar-refractivity contribution in [1.29, 1.82) is 0 Å². The molecule has 0 aromatic carbocycles. The first-order chi connectivity index (χ1) is 5.70. The van der Waals surface area contributed by atoms with E-state index in [4.69, 9.17) is 5.73 Å². The molecule has 0 unspecified atom stereocenters. The molecule has 1 heterocycles. The zero-order chi connectivity index (χ0) is 9.14. The fraction of sp³-hybridized carbons (Fsp3) is 0.444. The van der Waals surface area contributed by atoms with Crippen LogP contribution in [0.4, 0.5) is 0 Å². The monoisotopic (exact) mass is 166 g/mol. The fourth-order valence-electron chi connectivity index (χ4n) is 1.26. The van der Waals surface area contributed by atoms with E-state index in [9.17, 15) is 4.79 Å². The van der Waals surface area contributed by atoms with Crippen molar-refractivity contribution in [3.8, 4) is 0 Å². The molecule has 1 aromatic rings. The number of aryl methyl sites for hydroxylation is 1. The lowest BCUT2D eigenvalue weighted by Crippen LogP contribution is -2.26. The number of pyridine rings is 1. The van der Waals surface area contributed by atoms with Crippen molar-refractivity contribution in [1.82, 2.24) is 4.57 Å². The van der Waals surface area contributed by atoms with Gasteiger partial charge in [0, 0.05) is 24.3 Å². The van der Waals surface area contributed by atoms with Gasteiger partial charge in [0.2, 0.25) is 0 Å². The fourth-order valence-corrected chi connectivity index (χ4v) is 1.26. The standard InChI is InChI=1S/C9H14N2O/c1-3-11-7(2)4-5-8(6-10)9(11)12/h4-5H,3,6,10H2,1-2H3. The van der Waals surface area contributed by atoms with Crippen LogP contribution < -0.4 is 11.3 Å². The minimum absolute atomic E-state index is 0.0417. The largest absolute Gasteiger partial charge is 0.326 e. The van der Waals surface area contributed by atoms with E-state index in [1.54, 1.807) is 10.6 Å². The number of nitrogens with two attached hydrogens (primary N) is 1. The summed E-state index contributed by atoms with van der Waals surface area (Å²) in [6, 6.07) is 3.72. The van der Waals surface area contributed by atoms with Gasteiger partial charge in [-0.2, -0.15) is 0 Å². The Hall–Kier alpha value is -1.09. The molecule has 12 heavy (non-hydrogen) atoms. The summed E-state index contributed by atoms with van der Waals surface area (Å²) in [5.74, 6) is 0. The summed E-state index contributed by atoms with van der Waals surface area (Å²) in [5.41, 5.74) is 7.12. The maximum Gasteiger partial charge on any atom is 0.255 e. The van der Waals surface area contributed by atoms with Crippen molar-refractivity contribution in [2.75, 3.05) is 0 Å². The number of rotatable bonds is 2. The van der Waals surface area contributed by atoms with Crippen LogP contribution in [0.25, 0.3) is 0 Å². The second-order valence-corrected chi connectivity index (χ2v) is 2.75. The molecule has 0 amide bonds.